The summed E-state index contributed by atoms with van der Waals surface area (Å²) >= 11 is 0. The van der Waals surface area contributed by atoms with Crippen LogP contribution in [0.25, 0.3) is 0 Å². The van der Waals surface area contributed by atoms with Crippen molar-refractivity contribution < 1.29 is 14.3 Å². The van der Waals surface area contributed by atoms with Crippen LogP contribution in [0, 0.1) is 6.92 Å². The first-order valence-electron chi connectivity index (χ1n) is 5.76. The third-order valence-electron chi connectivity index (χ3n) is 2.86. The van der Waals surface area contributed by atoms with Crippen molar-refractivity contribution in [2.75, 3.05) is 7.11 Å². The van der Waals surface area contributed by atoms with E-state index >= 15 is 0 Å². The molecule has 0 fully saturated rings. The van der Waals surface area contributed by atoms with Gasteiger partial charge in [-0.2, -0.15) is 0 Å². The van der Waals surface area contributed by atoms with Crippen molar-refractivity contribution in [1.82, 2.24) is 14.8 Å². The van der Waals surface area contributed by atoms with Crippen LogP contribution in [-0.2, 0) is 13.7 Å². The lowest BCUT2D eigenvalue weighted by molar-refractivity contribution is 0.112. The van der Waals surface area contributed by atoms with E-state index in [1.165, 1.54) is 7.11 Å². The zero-order chi connectivity index (χ0) is 13.8. The predicted octanol–water partition coefficient (Wildman–Crippen LogP) is 1.52. The first kappa shape index (κ1) is 13.1. The number of aldehydes is 1. The molecule has 0 atom stereocenters. The van der Waals surface area contributed by atoms with E-state index in [9.17, 15) is 4.79 Å². The number of hydrogen-bond donors (Lipinski definition) is 0. The van der Waals surface area contributed by atoms with Gasteiger partial charge in [0.25, 0.3) is 0 Å². The number of aromatic nitrogens is 3. The lowest BCUT2D eigenvalue weighted by atomic mass is 10.2. The van der Waals surface area contributed by atoms with Crippen LogP contribution >= 0.6 is 0 Å². The van der Waals surface area contributed by atoms with E-state index < -0.39 is 0 Å². The number of methoxy groups -OCH3 is 1. The van der Waals surface area contributed by atoms with E-state index in [4.69, 9.17) is 9.47 Å². The van der Waals surface area contributed by atoms with Crippen molar-refractivity contribution in [1.29, 1.82) is 0 Å². The van der Waals surface area contributed by atoms with Gasteiger partial charge in [-0.3, -0.25) is 4.79 Å². The maximum atomic E-state index is 10.7. The van der Waals surface area contributed by atoms with Crippen LogP contribution in [-0.4, -0.2) is 28.2 Å². The molecule has 2 aromatic rings. The third kappa shape index (κ3) is 2.73. The van der Waals surface area contributed by atoms with E-state index in [1.807, 2.05) is 18.5 Å². The predicted molar refractivity (Wildman–Crippen MR) is 68.5 cm³/mol. The van der Waals surface area contributed by atoms with Crippen LogP contribution in [0.3, 0.4) is 0 Å². The number of rotatable bonds is 5. The third-order valence-corrected chi connectivity index (χ3v) is 2.86. The Morgan fingerprint density at radius 3 is 2.68 bits per heavy atom. The first-order valence-corrected chi connectivity index (χ1v) is 5.76. The first-order chi connectivity index (χ1) is 9.15. The lowest BCUT2D eigenvalue weighted by Gasteiger charge is -2.10. The minimum atomic E-state index is 0.286. The molecule has 0 unspecified atom stereocenters. The molecule has 0 aliphatic heterocycles. The molecule has 1 aromatic carbocycles. The van der Waals surface area contributed by atoms with Crippen molar-refractivity contribution in [3.63, 3.8) is 0 Å². The van der Waals surface area contributed by atoms with Gasteiger partial charge in [-0.25, -0.2) is 0 Å². The topological polar surface area (TPSA) is 66.2 Å². The summed E-state index contributed by atoms with van der Waals surface area (Å²) in [6.45, 7) is 2.16. The van der Waals surface area contributed by atoms with Crippen LogP contribution in [0.4, 0.5) is 0 Å². The number of benzene rings is 1. The Morgan fingerprint density at radius 1 is 1.32 bits per heavy atom. The second-order valence-corrected chi connectivity index (χ2v) is 4.04. The van der Waals surface area contributed by atoms with Crippen molar-refractivity contribution >= 4 is 6.29 Å². The summed E-state index contributed by atoms with van der Waals surface area (Å²) in [5.41, 5.74) is 0.540. The summed E-state index contributed by atoms with van der Waals surface area (Å²) in [7, 11) is 3.41. The molecule has 6 nitrogen and oxygen atoms in total. The van der Waals surface area contributed by atoms with Gasteiger partial charge in [0.1, 0.15) is 18.7 Å². The minimum Gasteiger partial charge on any atom is -0.493 e. The smallest absolute Gasteiger partial charge is 0.170 e. The molecule has 0 aliphatic carbocycles. The fourth-order valence-corrected chi connectivity index (χ4v) is 1.60. The van der Waals surface area contributed by atoms with Gasteiger partial charge < -0.3 is 14.0 Å². The number of hydrogen-bond acceptors (Lipinski definition) is 5. The highest BCUT2D eigenvalue weighted by atomic mass is 16.5. The van der Waals surface area contributed by atoms with Gasteiger partial charge in [0.15, 0.2) is 17.3 Å². The summed E-state index contributed by atoms with van der Waals surface area (Å²) in [5, 5.41) is 7.96. The summed E-state index contributed by atoms with van der Waals surface area (Å²) in [5.74, 6) is 2.62. The Balaban J connectivity index is 2.15. The molecule has 100 valence electrons. The van der Waals surface area contributed by atoms with Crippen molar-refractivity contribution in [2.24, 2.45) is 7.05 Å². The van der Waals surface area contributed by atoms with E-state index in [-0.39, 0.29) is 6.61 Å². The van der Waals surface area contributed by atoms with E-state index in [0.717, 1.165) is 17.9 Å². The molecule has 1 heterocycles. The molecule has 0 spiro atoms. The number of aryl methyl sites for hydroxylation is 1. The largest absolute Gasteiger partial charge is 0.493 e. The lowest BCUT2D eigenvalue weighted by Crippen LogP contribution is -2.05. The molecule has 1 aromatic heterocycles. The van der Waals surface area contributed by atoms with Crippen molar-refractivity contribution in [2.45, 2.75) is 13.5 Å². The monoisotopic (exact) mass is 261 g/mol. The highest BCUT2D eigenvalue weighted by molar-refractivity contribution is 5.76. The standard InChI is InChI=1S/C13H15N3O3/c1-9-14-15-13(16(9)2)8-19-11-5-4-10(7-17)6-12(11)18-3/h4-7H,8H2,1-3H3. The zero-order valence-corrected chi connectivity index (χ0v) is 11.1. The highest BCUT2D eigenvalue weighted by Gasteiger charge is 2.09. The second kappa shape index (κ2) is 5.51. The normalized spacial score (nSPS) is 10.3. The molecule has 0 N–H and O–H groups in total. The van der Waals surface area contributed by atoms with Crippen molar-refractivity contribution in [3.8, 4) is 11.5 Å². The van der Waals surface area contributed by atoms with Crippen molar-refractivity contribution in [3.05, 3.63) is 35.4 Å². The Kier molecular flexibility index (Phi) is 3.79. The summed E-state index contributed by atoms with van der Waals surface area (Å²) < 4.78 is 12.7. The van der Waals surface area contributed by atoms with Crippen LogP contribution in [0.1, 0.15) is 22.0 Å². The minimum absolute atomic E-state index is 0.286. The molecular formula is C13H15N3O3. The Morgan fingerprint density at radius 2 is 2.11 bits per heavy atom. The van der Waals surface area contributed by atoms with Gasteiger partial charge >= 0.3 is 0 Å². The Hall–Kier alpha value is -2.37. The van der Waals surface area contributed by atoms with E-state index in [0.29, 0.717) is 17.1 Å². The maximum absolute atomic E-state index is 10.7. The average molecular weight is 261 g/mol. The summed E-state index contributed by atoms with van der Waals surface area (Å²) in [6, 6.07) is 5.00. The van der Waals surface area contributed by atoms with Gasteiger partial charge in [-0.1, -0.05) is 0 Å². The SMILES string of the molecule is COc1cc(C=O)ccc1OCc1nnc(C)n1C. The van der Waals surface area contributed by atoms with E-state index in [2.05, 4.69) is 10.2 Å². The summed E-state index contributed by atoms with van der Waals surface area (Å²) in [4.78, 5) is 10.7. The van der Waals surface area contributed by atoms with Crippen LogP contribution in [0.2, 0.25) is 0 Å². The molecule has 2 rings (SSSR count). The molecular weight excluding hydrogens is 246 g/mol. The fraction of sp³-hybridized carbons (Fsp3) is 0.308. The van der Waals surface area contributed by atoms with Gasteiger partial charge in [-0.15, -0.1) is 10.2 Å². The maximum Gasteiger partial charge on any atom is 0.170 e. The van der Waals surface area contributed by atoms with Crippen LogP contribution in [0.5, 0.6) is 11.5 Å². The van der Waals surface area contributed by atoms with Gasteiger partial charge in [0, 0.05) is 12.6 Å². The number of carbonyl (C=O) groups is 1. The van der Waals surface area contributed by atoms with Crippen LogP contribution in [0.15, 0.2) is 18.2 Å². The Bertz CT molecular complexity index is 593. The van der Waals surface area contributed by atoms with E-state index in [1.54, 1.807) is 18.2 Å². The van der Waals surface area contributed by atoms with Crippen LogP contribution < -0.4 is 9.47 Å². The molecule has 0 radical (unpaired) electrons. The van der Waals surface area contributed by atoms with Gasteiger partial charge in [0.2, 0.25) is 0 Å². The summed E-state index contributed by atoms with van der Waals surface area (Å²) in [6.07, 6.45) is 0.762. The second-order valence-electron chi connectivity index (χ2n) is 4.04. The zero-order valence-electron chi connectivity index (χ0n) is 11.1. The van der Waals surface area contributed by atoms with Gasteiger partial charge in [0.05, 0.1) is 7.11 Å². The quantitative estimate of drug-likeness (QED) is 0.763. The molecule has 0 amide bonds. The number of ether oxygens (including phenoxy) is 2. The fourth-order valence-electron chi connectivity index (χ4n) is 1.60. The number of nitrogens with zero attached hydrogens (tertiary/aromatic N) is 3. The average Bonchev–Trinajstić information content (AvgIpc) is 2.76. The molecule has 0 bridgehead atoms. The van der Waals surface area contributed by atoms with Gasteiger partial charge in [-0.05, 0) is 25.1 Å². The molecule has 0 aliphatic rings. The molecule has 19 heavy (non-hydrogen) atoms. The molecule has 0 saturated carbocycles. The Labute approximate surface area is 111 Å². The molecule has 6 heteroatoms. The molecule has 0 saturated heterocycles. The number of carbonyl (C=O) groups excluding carboxylic acids is 1. The highest BCUT2D eigenvalue weighted by Crippen LogP contribution is 2.28.